The van der Waals surface area contributed by atoms with Gasteiger partial charge in [-0.05, 0) is 43.4 Å². The van der Waals surface area contributed by atoms with Gasteiger partial charge in [0.15, 0.2) is 5.96 Å². The molecule has 2 atom stereocenters. The van der Waals surface area contributed by atoms with Crippen molar-refractivity contribution in [2.45, 2.75) is 45.6 Å². The Morgan fingerprint density at radius 1 is 1.44 bits per heavy atom. The molecule has 0 spiro atoms. The smallest absolute Gasteiger partial charge is 0.220 e. The fraction of sp³-hybridized carbons (Fsp3) is 0.579. The number of rotatable bonds is 7. The van der Waals surface area contributed by atoms with E-state index in [-0.39, 0.29) is 11.9 Å². The van der Waals surface area contributed by atoms with Crippen LogP contribution in [-0.2, 0) is 11.2 Å². The summed E-state index contributed by atoms with van der Waals surface area (Å²) in [5.41, 5.74) is 1.34. The summed E-state index contributed by atoms with van der Waals surface area (Å²) in [5.74, 6) is 1.49. The second kappa shape index (κ2) is 10.4. The Morgan fingerprint density at radius 3 is 2.92 bits per heavy atom. The van der Waals surface area contributed by atoms with Crippen molar-refractivity contribution in [2.75, 3.05) is 19.6 Å². The highest BCUT2D eigenvalue weighted by Crippen LogP contribution is 2.17. The summed E-state index contributed by atoms with van der Waals surface area (Å²) in [5, 5.41) is 9.66. The van der Waals surface area contributed by atoms with Gasteiger partial charge in [-0.3, -0.25) is 9.79 Å². The first-order valence-electron chi connectivity index (χ1n) is 9.16. The van der Waals surface area contributed by atoms with Crippen molar-refractivity contribution < 1.29 is 4.79 Å². The summed E-state index contributed by atoms with van der Waals surface area (Å²) < 4.78 is 1.12. The highest BCUT2D eigenvalue weighted by molar-refractivity contribution is 9.10. The number of halogens is 1. The van der Waals surface area contributed by atoms with Crippen molar-refractivity contribution in [3.8, 4) is 0 Å². The number of aliphatic imine (C=N–C) groups is 1. The highest BCUT2D eigenvalue weighted by Gasteiger charge is 2.18. The van der Waals surface area contributed by atoms with Crippen molar-refractivity contribution in [1.29, 1.82) is 0 Å². The van der Waals surface area contributed by atoms with E-state index in [1.807, 2.05) is 0 Å². The topological polar surface area (TPSA) is 65.5 Å². The third-order valence-corrected chi connectivity index (χ3v) is 4.94. The largest absolute Gasteiger partial charge is 0.357 e. The maximum absolute atomic E-state index is 11.3. The molecule has 0 bridgehead atoms. The summed E-state index contributed by atoms with van der Waals surface area (Å²) in [6.07, 6.45) is 3.55. The van der Waals surface area contributed by atoms with E-state index in [2.05, 4.69) is 70.0 Å². The van der Waals surface area contributed by atoms with Gasteiger partial charge in [-0.15, -0.1) is 0 Å². The zero-order valence-corrected chi connectivity index (χ0v) is 16.7. The molecule has 0 radical (unpaired) electrons. The Labute approximate surface area is 159 Å². The molecule has 138 valence electrons. The molecule has 1 heterocycles. The van der Waals surface area contributed by atoms with E-state index in [1.54, 1.807) is 0 Å². The van der Waals surface area contributed by atoms with Gasteiger partial charge in [0, 0.05) is 36.6 Å². The van der Waals surface area contributed by atoms with Crippen LogP contribution in [0.25, 0.3) is 0 Å². The number of hydrogen-bond acceptors (Lipinski definition) is 2. The van der Waals surface area contributed by atoms with Crippen molar-refractivity contribution in [1.82, 2.24) is 16.0 Å². The lowest BCUT2D eigenvalue weighted by Gasteiger charge is -2.25. The number of guanidine groups is 1. The summed E-state index contributed by atoms with van der Waals surface area (Å²) in [4.78, 5) is 16.1. The van der Waals surface area contributed by atoms with Gasteiger partial charge >= 0.3 is 0 Å². The van der Waals surface area contributed by atoms with Crippen LogP contribution < -0.4 is 16.0 Å². The monoisotopic (exact) mass is 408 g/mol. The molecule has 1 aliphatic heterocycles. The van der Waals surface area contributed by atoms with Crippen molar-refractivity contribution in [3.63, 3.8) is 0 Å². The van der Waals surface area contributed by atoms with Crippen LogP contribution in [0, 0.1) is 5.92 Å². The van der Waals surface area contributed by atoms with Crippen LogP contribution in [0.3, 0.4) is 0 Å². The highest BCUT2D eigenvalue weighted by atomic mass is 79.9. The second-order valence-electron chi connectivity index (χ2n) is 6.51. The molecule has 1 aliphatic rings. The quantitative estimate of drug-likeness (QED) is 0.479. The molecule has 1 fully saturated rings. The minimum absolute atomic E-state index is 0.139. The van der Waals surface area contributed by atoms with Gasteiger partial charge in [-0.1, -0.05) is 41.4 Å². The third-order valence-electron chi connectivity index (χ3n) is 4.45. The van der Waals surface area contributed by atoms with Crippen LogP contribution in [-0.4, -0.2) is 37.5 Å². The zero-order valence-electron chi connectivity index (χ0n) is 15.1. The molecule has 1 aromatic carbocycles. The lowest BCUT2D eigenvalue weighted by molar-refractivity contribution is -0.122. The molecule has 0 aromatic heterocycles. The molecular formula is C19H29BrN4O. The van der Waals surface area contributed by atoms with Gasteiger partial charge in [0.2, 0.25) is 5.91 Å². The number of nitrogens with zero attached hydrogens (tertiary/aromatic N) is 1. The minimum atomic E-state index is 0.139. The van der Waals surface area contributed by atoms with Crippen LogP contribution in [0.4, 0.5) is 0 Å². The number of hydrogen-bond donors (Lipinski definition) is 3. The molecule has 1 saturated heterocycles. The Balaban J connectivity index is 1.92. The summed E-state index contributed by atoms with van der Waals surface area (Å²) in [6.45, 7) is 6.57. The summed E-state index contributed by atoms with van der Waals surface area (Å²) >= 11 is 3.54. The van der Waals surface area contributed by atoms with E-state index in [1.165, 1.54) is 5.56 Å². The van der Waals surface area contributed by atoms with Crippen molar-refractivity contribution >= 4 is 27.8 Å². The predicted octanol–water partition coefficient (Wildman–Crippen LogP) is 2.85. The van der Waals surface area contributed by atoms with Gasteiger partial charge in [0.25, 0.3) is 0 Å². The van der Waals surface area contributed by atoms with Crippen LogP contribution in [0.2, 0.25) is 0 Å². The second-order valence-corrected chi connectivity index (χ2v) is 7.43. The van der Waals surface area contributed by atoms with E-state index in [9.17, 15) is 4.79 Å². The van der Waals surface area contributed by atoms with Crippen LogP contribution in [0.1, 0.15) is 38.7 Å². The zero-order chi connectivity index (χ0) is 18.1. The lowest BCUT2D eigenvalue weighted by atomic mass is 9.97. The number of amides is 1. The van der Waals surface area contributed by atoms with Crippen molar-refractivity contribution in [3.05, 3.63) is 34.3 Å². The Morgan fingerprint density at radius 2 is 2.28 bits per heavy atom. The molecule has 5 nitrogen and oxygen atoms in total. The number of carbonyl (C=O) groups is 1. The third kappa shape index (κ3) is 7.06. The van der Waals surface area contributed by atoms with Gasteiger partial charge in [0.05, 0.1) is 0 Å². The Bertz CT molecular complexity index is 581. The van der Waals surface area contributed by atoms with Gasteiger partial charge in [0.1, 0.15) is 0 Å². The predicted molar refractivity (Wildman–Crippen MR) is 107 cm³/mol. The van der Waals surface area contributed by atoms with Crippen molar-refractivity contribution in [2.24, 2.45) is 10.9 Å². The molecule has 25 heavy (non-hydrogen) atoms. The maximum Gasteiger partial charge on any atom is 0.220 e. The van der Waals surface area contributed by atoms with Gasteiger partial charge in [-0.25, -0.2) is 0 Å². The van der Waals surface area contributed by atoms with E-state index in [4.69, 9.17) is 4.99 Å². The average Bonchev–Trinajstić information content (AvgIpc) is 2.60. The number of benzene rings is 1. The number of carbonyl (C=O) groups excluding carboxylic acids is 1. The Hall–Kier alpha value is -1.56. The first-order valence-corrected chi connectivity index (χ1v) is 9.96. The molecule has 0 aliphatic carbocycles. The molecule has 6 heteroatoms. The molecule has 1 amide bonds. The van der Waals surface area contributed by atoms with E-state index in [0.29, 0.717) is 18.9 Å². The lowest BCUT2D eigenvalue weighted by Crippen LogP contribution is -2.51. The van der Waals surface area contributed by atoms with E-state index in [0.717, 1.165) is 42.8 Å². The summed E-state index contributed by atoms with van der Waals surface area (Å²) in [7, 11) is 0. The Kier molecular flexibility index (Phi) is 8.25. The van der Waals surface area contributed by atoms with Crippen LogP contribution >= 0.6 is 15.9 Å². The fourth-order valence-corrected chi connectivity index (χ4v) is 3.37. The molecule has 2 rings (SSSR count). The fourth-order valence-electron chi connectivity index (χ4n) is 2.93. The molecule has 1 aromatic rings. The maximum atomic E-state index is 11.3. The molecule has 3 N–H and O–H groups in total. The first kappa shape index (κ1) is 19.8. The molecule has 0 saturated carbocycles. The van der Waals surface area contributed by atoms with Gasteiger partial charge < -0.3 is 16.0 Å². The van der Waals surface area contributed by atoms with Crippen LogP contribution in [0.15, 0.2) is 33.7 Å². The number of nitrogens with one attached hydrogen (secondary N) is 3. The number of piperidine rings is 1. The van der Waals surface area contributed by atoms with Crippen LogP contribution in [0.5, 0.6) is 0 Å². The SMILES string of the molecule is CCNC(=NCC(CC)Cc1cccc(Br)c1)NC1CCC(=O)NC1. The van der Waals surface area contributed by atoms with E-state index >= 15 is 0 Å². The summed E-state index contributed by atoms with van der Waals surface area (Å²) in [6, 6.07) is 8.74. The van der Waals surface area contributed by atoms with E-state index < -0.39 is 0 Å². The van der Waals surface area contributed by atoms with Gasteiger partial charge in [-0.2, -0.15) is 0 Å². The standard InChI is InChI=1S/C19H29BrN4O/c1-3-14(10-15-6-5-7-16(20)11-15)12-23-19(21-4-2)24-17-8-9-18(25)22-13-17/h5-7,11,14,17H,3-4,8-10,12-13H2,1-2H3,(H,22,25)(H2,21,23,24). The average molecular weight is 409 g/mol. The molecular weight excluding hydrogens is 380 g/mol. The molecule has 2 unspecified atom stereocenters. The normalized spacial score (nSPS) is 19.2. The minimum Gasteiger partial charge on any atom is -0.357 e. The first-order chi connectivity index (χ1) is 12.1.